The lowest BCUT2D eigenvalue weighted by Gasteiger charge is -2.22. The van der Waals surface area contributed by atoms with Gasteiger partial charge in [-0.2, -0.15) is 0 Å². The van der Waals surface area contributed by atoms with Crippen molar-refractivity contribution in [2.75, 3.05) is 25.4 Å². The molecule has 0 bridgehead atoms. The first-order valence-electron chi connectivity index (χ1n) is 5.43. The van der Waals surface area contributed by atoms with Crippen molar-refractivity contribution in [2.45, 2.75) is 19.3 Å². The molecule has 0 aliphatic carbocycles. The van der Waals surface area contributed by atoms with Gasteiger partial charge in [0.2, 0.25) is 10.0 Å². The highest BCUT2D eigenvalue weighted by Crippen LogP contribution is 2.12. The minimum atomic E-state index is -3.12. The molecule has 0 spiro atoms. The number of hydrogen-bond acceptors (Lipinski definition) is 3. The molecule has 0 amide bonds. The van der Waals surface area contributed by atoms with E-state index >= 15 is 0 Å². The molecule has 1 aliphatic rings. The molecule has 15 heavy (non-hydrogen) atoms. The Bertz CT molecular complexity index is 282. The van der Waals surface area contributed by atoms with Gasteiger partial charge < -0.3 is 5.32 Å². The molecule has 4 nitrogen and oxygen atoms in total. The van der Waals surface area contributed by atoms with Crippen LogP contribution in [-0.4, -0.2) is 33.8 Å². The van der Waals surface area contributed by atoms with E-state index in [4.69, 9.17) is 0 Å². The topological polar surface area (TPSA) is 58.2 Å². The van der Waals surface area contributed by atoms with Gasteiger partial charge in [-0.1, -0.05) is 6.08 Å². The highest BCUT2D eigenvalue weighted by molar-refractivity contribution is 7.89. The van der Waals surface area contributed by atoms with Gasteiger partial charge in [0.05, 0.1) is 5.75 Å². The van der Waals surface area contributed by atoms with Gasteiger partial charge in [-0.05, 0) is 38.3 Å². The molecule has 1 saturated heterocycles. The maximum absolute atomic E-state index is 11.3. The zero-order valence-corrected chi connectivity index (χ0v) is 9.85. The molecule has 1 aliphatic heterocycles. The van der Waals surface area contributed by atoms with E-state index in [9.17, 15) is 8.42 Å². The van der Waals surface area contributed by atoms with Crippen molar-refractivity contribution < 1.29 is 8.42 Å². The fourth-order valence-electron chi connectivity index (χ4n) is 1.80. The molecule has 1 fully saturated rings. The first-order valence-corrected chi connectivity index (χ1v) is 7.08. The molecule has 1 heterocycles. The van der Waals surface area contributed by atoms with Crippen LogP contribution >= 0.6 is 0 Å². The van der Waals surface area contributed by atoms with Gasteiger partial charge in [-0.25, -0.2) is 13.1 Å². The van der Waals surface area contributed by atoms with Crippen molar-refractivity contribution in [1.29, 1.82) is 0 Å². The lowest BCUT2D eigenvalue weighted by atomic mass is 9.96. The molecule has 0 aromatic rings. The number of sulfonamides is 1. The summed E-state index contributed by atoms with van der Waals surface area (Å²) in [5, 5.41) is 3.31. The average Bonchev–Trinajstić information content (AvgIpc) is 2.19. The van der Waals surface area contributed by atoms with Gasteiger partial charge in [0.1, 0.15) is 0 Å². The number of piperidine rings is 1. The normalized spacial score (nSPS) is 22.5. The molecule has 0 saturated carbocycles. The van der Waals surface area contributed by atoms with Gasteiger partial charge in [-0.15, -0.1) is 6.58 Å². The van der Waals surface area contributed by atoms with E-state index in [-0.39, 0.29) is 5.75 Å². The van der Waals surface area contributed by atoms with Gasteiger partial charge in [-0.3, -0.25) is 0 Å². The van der Waals surface area contributed by atoms with E-state index in [0.29, 0.717) is 12.5 Å². The summed E-state index contributed by atoms with van der Waals surface area (Å²) in [6.07, 6.45) is 4.73. The fraction of sp³-hybridized carbons (Fsp3) is 0.800. The Balaban J connectivity index is 2.17. The molecule has 1 rings (SSSR count). The molecule has 5 heteroatoms. The SMILES string of the molecule is C=CCS(=O)(=O)NCCC1CCCNC1. The first kappa shape index (κ1) is 12.7. The van der Waals surface area contributed by atoms with Gasteiger partial charge >= 0.3 is 0 Å². The van der Waals surface area contributed by atoms with E-state index in [0.717, 1.165) is 19.5 Å². The third-order valence-corrected chi connectivity index (χ3v) is 3.93. The van der Waals surface area contributed by atoms with Crippen molar-refractivity contribution in [1.82, 2.24) is 10.0 Å². The number of rotatable bonds is 6. The van der Waals surface area contributed by atoms with Crippen LogP contribution in [0.1, 0.15) is 19.3 Å². The molecule has 88 valence electrons. The number of nitrogens with one attached hydrogen (secondary N) is 2. The van der Waals surface area contributed by atoms with Crippen LogP contribution < -0.4 is 10.0 Å². The predicted molar refractivity (Wildman–Crippen MR) is 62.2 cm³/mol. The third kappa shape index (κ3) is 5.30. The van der Waals surface area contributed by atoms with Gasteiger partial charge in [0, 0.05) is 6.54 Å². The smallest absolute Gasteiger partial charge is 0.215 e. The van der Waals surface area contributed by atoms with E-state index in [2.05, 4.69) is 16.6 Å². The van der Waals surface area contributed by atoms with Gasteiger partial charge in [0.15, 0.2) is 0 Å². The van der Waals surface area contributed by atoms with Crippen molar-refractivity contribution in [3.8, 4) is 0 Å². The molecule has 1 unspecified atom stereocenters. The van der Waals surface area contributed by atoms with Crippen molar-refractivity contribution in [3.63, 3.8) is 0 Å². The molecule has 0 aromatic heterocycles. The van der Waals surface area contributed by atoms with Crippen LogP contribution in [0.25, 0.3) is 0 Å². The van der Waals surface area contributed by atoms with Crippen LogP contribution in [0.2, 0.25) is 0 Å². The van der Waals surface area contributed by atoms with Crippen molar-refractivity contribution in [3.05, 3.63) is 12.7 Å². The van der Waals surface area contributed by atoms with E-state index in [1.165, 1.54) is 18.9 Å². The zero-order chi connectivity index (χ0) is 11.1. The Hall–Kier alpha value is -0.390. The Morgan fingerprint density at radius 2 is 2.33 bits per heavy atom. The summed E-state index contributed by atoms with van der Waals surface area (Å²) in [4.78, 5) is 0. The Labute approximate surface area is 92.2 Å². The van der Waals surface area contributed by atoms with Crippen molar-refractivity contribution >= 4 is 10.0 Å². The predicted octanol–water partition coefficient (Wildman–Crippen LogP) is 0.481. The highest BCUT2D eigenvalue weighted by atomic mass is 32.2. The van der Waals surface area contributed by atoms with Crippen LogP contribution in [0, 0.1) is 5.92 Å². The Kier molecular flexibility index (Phi) is 5.28. The second kappa shape index (κ2) is 6.25. The minimum absolute atomic E-state index is 0.00984. The molecular formula is C10H20N2O2S. The number of hydrogen-bond donors (Lipinski definition) is 2. The average molecular weight is 232 g/mol. The highest BCUT2D eigenvalue weighted by Gasteiger charge is 2.13. The van der Waals surface area contributed by atoms with Crippen molar-refractivity contribution in [2.24, 2.45) is 5.92 Å². The monoisotopic (exact) mass is 232 g/mol. The minimum Gasteiger partial charge on any atom is -0.316 e. The molecule has 0 radical (unpaired) electrons. The summed E-state index contributed by atoms with van der Waals surface area (Å²) in [5.41, 5.74) is 0. The Morgan fingerprint density at radius 1 is 1.53 bits per heavy atom. The molecular weight excluding hydrogens is 212 g/mol. The molecule has 0 aromatic carbocycles. The van der Waals surface area contributed by atoms with E-state index in [1.807, 2.05) is 0 Å². The fourth-order valence-corrected chi connectivity index (χ4v) is 2.66. The largest absolute Gasteiger partial charge is 0.316 e. The second-order valence-corrected chi connectivity index (χ2v) is 5.82. The first-order chi connectivity index (χ1) is 7.14. The summed E-state index contributed by atoms with van der Waals surface area (Å²) in [5.74, 6) is 0.626. The maximum Gasteiger partial charge on any atom is 0.215 e. The lowest BCUT2D eigenvalue weighted by molar-refractivity contribution is 0.358. The molecule has 1 atom stereocenters. The standard InChI is InChI=1S/C10H20N2O2S/c1-2-8-15(13,14)12-7-5-10-4-3-6-11-9-10/h2,10-12H,1,3-9H2. The summed E-state index contributed by atoms with van der Waals surface area (Å²) in [6.45, 7) is 6.07. The second-order valence-electron chi connectivity index (χ2n) is 3.97. The zero-order valence-electron chi connectivity index (χ0n) is 9.04. The van der Waals surface area contributed by atoms with Gasteiger partial charge in [0.25, 0.3) is 0 Å². The maximum atomic E-state index is 11.3. The molecule has 2 N–H and O–H groups in total. The van der Waals surface area contributed by atoms with Crippen LogP contribution in [-0.2, 0) is 10.0 Å². The summed E-state index contributed by atoms with van der Waals surface area (Å²) in [7, 11) is -3.12. The Morgan fingerprint density at radius 3 is 2.93 bits per heavy atom. The van der Waals surface area contributed by atoms with Crippen LogP contribution in [0.5, 0.6) is 0 Å². The van der Waals surface area contributed by atoms with Crippen LogP contribution in [0.4, 0.5) is 0 Å². The third-order valence-electron chi connectivity index (χ3n) is 2.61. The van der Waals surface area contributed by atoms with Crippen LogP contribution in [0.15, 0.2) is 12.7 Å². The quantitative estimate of drug-likeness (QED) is 0.655. The summed E-state index contributed by atoms with van der Waals surface area (Å²) >= 11 is 0. The van der Waals surface area contributed by atoms with Crippen LogP contribution in [0.3, 0.4) is 0 Å². The van der Waals surface area contributed by atoms with E-state index < -0.39 is 10.0 Å². The summed E-state index contributed by atoms with van der Waals surface area (Å²) < 4.78 is 25.1. The lowest BCUT2D eigenvalue weighted by Crippen LogP contribution is -2.33. The summed E-state index contributed by atoms with van der Waals surface area (Å²) in [6, 6.07) is 0. The van der Waals surface area contributed by atoms with E-state index in [1.54, 1.807) is 0 Å².